The number of amides is 1. The highest BCUT2D eigenvalue weighted by Crippen LogP contribution is 2.25. The van der Waals surface area contributed by atoms with Crippen molar-refractivity contribution in [3.8, 4) is 0 Å². The lowest BCUT2D eigenvalue weighted by Crippen LogP contribution is -2.44. The van der Waals surface area contributed by atoms with Gasteiger partial charge in [-0.05, 0) is 46.6 Å². The van der Waals surface area contributed by atoms with Crippen LogP contribution in [-0.2, 0) is 4.74 Å². The lowest BCUT2D eigenvalue weighted by atomic mass is 10.1. The molecule has 2 unspecified atom stereocenters. The van der Waals surface area contributed by atoms with E-state index in [1.54, 1.807) is 0 Å². The van der Waals surface area contributed by atoms with Gasteiger partial charge in [0.15, 0.2) is 0 Å². The van der Waals surface area contributed by atoms with Crippen LogP contribution in [0.5, 0.6) is 0 Å². The minimum absolute atomic E-state index is 0.296. The quantitative estimate of drug-likeness (QED) is 0.829. The van der Waals surface area contributed by atoms with Crippen LogP contribution in [0.1, 0.15) is 40.0 Å². The fourth-order valence-electron chi connectivity index (χ4n) is 2.07. The van der Waals surface area contributed by atoms with E-state index in [0.717, 1.165) is 6.42 Å². The fraction of sp³-hybridized carbons (Fsp3) is 0.917. The molecule has 2 atom stereocenters. The molecule has 4 nitrogen and oxygen atoms in total. The highest BCUT2D eigenvalue weighted by Gasteiger charge is 2.36. The molecule has 1 saturated heterocycles. The second-order valence-corrected chi connectivity index (χ2v) is 5.48. The molecular weight excluding hydrogens is 223 g/mol. The maximum atomic E-state index is 13.8. The van der Waals surface area contributed by atoms with E-state index in [0.29, 0.717) is 25.9 Å². The topological polar surface area (TPSA) is 55.6 Å². The number of carbonyl (C=O) groups is 1. The Bertz CT molecular complexity index is 266. The summed E-state index contributed by atoms with van der Waals surface area (Å²) < 4.78 is 19.1. The summed E-state index contributed by atoms with van der Waals surface area (Å²) in [6, 6.07) is -0.367. The highest BCUT2D eigenvalue weighted by atomic mass is 19.1. The third-order valence-corrected chi connectivity index (χ3v) is 2.79. The molecule has 1 aliphatic heterocycles. The maximum Gasteiger partial charge on any atom is 0.410 e. The smallest absolute Gasteiger partial charge is 0.410 e. The summed E-state index contributed by atoms with van der Waals surface area (Å²) >= 11 is 0. The first kappa shape index (κ1) is 14.2. The van der Waals surface area contributed by atoms with Crippen molar-refractivity contribution in [2.24, 2.45) is 5.73 Å². The molecule has 0 saturated carbocycles. The molecule has 0 aliphatic carbocycles. The maximum absolute atomic E-state index is 13.8. The van der Waals surface area contributed by atoms with Gasteiger partial charge in [0, 0.05) is 6.54 Å². The average Bonchev–Trinajstić information content (AvgIpc) is 2.63. The standard InChI is InChI=1S/C12H23FN2O2/c1-12(2,3)17-11(16)15-8-4-5-10(15)9(13)6-7-14/h9-10H,4-8,14H2,1-3H3. The molecule has 0 spiro atoms. The summed E-state index contributed by atoms with van der Waals surface area (Å²) in [5, 5.41) is 0. The molecule has 1 heterocycles. The van der Waals surface area contributed by atoms with Gasteiger partial charge in [-0.3, -0.25) is 0 Å². The number of likely N-dealkylation sites (tertiary alicyclic amines) is 1. The van der Waals surface area contributed by atoms with Gasteiger partial charge in [-0.2, -0.15) is 0 Å². The van der Waals surface area contributed by atoms with E-state index in [1.165, 1.54) is 4.90 Å². The van der Waals surface area contributed by atoms with Crippen molar-refractivity contribution in [3.63, 3.8) is 0 Å². The van der Waals surface area contributed by atoms with Crippen LogP contribution in [0.2, 0.25) is 0 Å². The number of alkyl halides is 1. The van der Waals surface area contributed by atoms with Crippen LogP contribution in [0.15, 0.2) is 0 Å². The molecule has 100 valence electrons. The number of carbonyl (C=O) groups excluding carboxylic acids is 1. The van der Waals surface area contributed by atoms with Gasteiger partial charge in [-0.1, -0.05) is 0 Å². The van der Waals surface area contributed by atoms with Crippen molar-refractivity contribution in [2.75, 3.05) is 13.1 Å². The summed E-state index contributed by atoms with van der Waals surface area (Å²) in [5.74, 6) is 0. The minimum atomic E-state index is -1.05. The second-order valence-electron chi connectivity index (χ2n) is 5.48. The zero-order valence-corrected chi connectivity index (χ0v) is 10.9. The van der Waals surface area contributed by atoms with Crippen molar-refractivity contribution in [3.05, 3.63) is 0 Å². The molecule has 0 aromatic heterocycles. The van der Waals surface area contributed by atoms with Crippen molar-refractivity contribution < 1.29 is 13.9 Å². The van der Waals surface area contributed by atoms with Crippen LogP contribution in [0, 0.1) is 0 Å². The van der Waals surface area contributed by atoms with Crippen LogP contribution < -0.4 is 5.73 Å². The van der Waals surface area contributed by atoms with E-state index in [4.69, 9.17) is 10.5 Å². The molecule has 1 fully saturated rings. The van der Waals surface area contributed by atoms with Gasteiger partial charge in [0.2, 0.25) is 0 Å². The molecule has 0 bridgehead atoms. The van der Waals surface area contributed by atoms with Gasteiger partial charge in [0.25, 0.3) is 0 Å². The highest BCUT2D eigenvalue weighted by molar-refractivity contribution is 5.69. The molecule has 5 heteroatoms. The molecular formula is C12H23FN2O2. The Hall–Kier alpha value is -0.840. The Morgan fingerprint density at radius 3 is 2.76 bits per heavy atom. The van der Waals surface area contributed by atoms with E-state index >= 15 is 0 Å². The van der Waals surface area contributed by atoms with Gasteiger partial charge in [0.05, 0.1) is 6.04 Å². The lowest BCUT2D eigenvalue weighted by molar-refractivity contribution is 0.0146. The fourth-order valence-corrected chi connectivity index (χ4v) is 2.07. The molecule has 1 rings (SSSR count). The van der Waals surface area contributed by atoms with Crippen LogP contribution in [0.25, 0.3) is 0 Å². The zero-order chi connectivity index (χ0) is 13.1. The first-order chi connectivity index (χ1) is 7.85. The SMILES string of the molecule is CC(C)(C)OC(=O)N1CCCC1C(F)CCN. The summed E-state index contributed by atoms with van der Waals surface area (Å²) in [5.41, 5.74) is 4.81. The van der Waals surface area contributed by atoms with Gasteiger partial charge in [-0.15, -0.1) is 0 Å². The van der Waals surface area contributed by atoms with E-state index in [1.807, 2.05) is 20.8 Å². The molecule has 2 N–H and O–H groups in total. The summed E-state index contributed by atoms with van der Waals surface area (Å²) in [7, 11) is 0. The largest absolute Gasteiger partial charge is 0.444 e. The van der Waals surface area contributed by atoms with Crippen molar-refractivity contribution in [1.82, 2.24) is 4.90 Å². The Labute approximate surface area is 102 Å². The van der Waals surface area contributed by atoms with Crippen molar-refractivity contribution in [2.45, 2.75) is 57.8 Å². The number of nitrogens with zero attached hydrogens (tertiary/aromatic N) is 1. The number of halogens is 1. The predicted molar refractivity (Wildman–Crippen MR) is 64.5 cm³/mol. The number of hydrogen-bond acceptors (Lipinski definition) is 3. The normalized spacial score (nSPS) is 22.6. The van der Waals surface area contributed by atoms with Crippen LogP contribution in [0.3, 0.4) is 0 Å². The molecule has 0 aromatic carbocycles. The zero-order valence-electron chi connectivity index (χ0n) is 10.9. The molecule has 17 heavy (non-hydrogen) atoms. The van der Waals surface area contributed by atoms with E-state index in [-0.39, 0.29) is 6.04 Å². The van der Waals surface area contributed by atoms with Gasteiger partial charge >= 0.3 is 6.09 Å². The second kappa shape index (κ2) is 5.67. The Morgan fingerprint density at radius 1 is 1.59 bits per heavy atom. The Kier molecular flexibility index (Phi) is 4.74. The van der Waals surface area contributed by atoms with Crippen molar-refractivity contribution in [1.29, 1.82) is 0 Å². The summed E-state index contributed by atoms with van der Waals surface area (Å²) in [4.78, 5) is 13.4. The molecule has 1 aliphatic rings. The summed E-state index contributed by atoms with van der Waals surface area (Å²) in [6.07, 6.45) is 0.355. The first-order valence-corrected chi connectivity index (χ1v) is 6.19. The van der Waals surface area contributed by atoms with Gasteiger partial charge in [-0.25, -0.2) is 9.18 Å². The number of hydrogen-bond donors (Lipinski definition) is 1. The average molecular weight is 246 g/mol. The van der Waals surface area contributed by atoms with Gasteiger partial charge < -0.3 is 15.4 Å². The third-order valence-electron chi connectivity index (χ3n) is 2.79. The number of rotatable bonds is 3. The third kappa shape index (κ3) is 4.15. The lowest BCUT2D eigenvalue weighted by Gasteiger charge is -2.30. The molecule has 1 amide bonds. The van der Waals surface area contributed by atoms with Crippen molar-refractivity contribution >= 4 is 6.09 Å². The Morgan fingerprint density at radius 2 is 2.24 bits per heavy atom. The van der Waals surface area contributed by atoms with Crippen LogP contribution in [0.4, 0.5) is 9.18 Å². The van der Waals surface area contributed by atoms with E-state index < -0.39 is 17.9 Å². The number of nitrogens with two attached hydrogens (primary N) is 1. The monoisotopic (exact) mass is 246 g/mol. The number of ether oxygens (including phenoxy) is 1. The Balaban J connectivity index is 2.59. The molecule has 0 aromatic rings. The van der Waals surface area contributed by atoms with Crippen LogP contribution in [-0.4, -0.2) is 41.9 Å². The molecule has 0 radical (unpaired) electrons. The minimum Gasteiger partial charge on any atom is -0.444 e. The van der Waals surface area contributed by atoms with Crippen LogP contribution >= 0.6 is 0 Å². The predicted octanol–water partition coefficient (Wildman–Crippen LogP) is 2.07. The van der Waals surface area contributed by atoms with E-state index in [9.17, 15) is 9.18 Å². The summed E-state index contributed by atoms with van der Waals surface area (Å²) in [6.45, 7) is 6.30. The first-order valence-electron chi connectivity index (χ1n) is 6.19. The van der Waals surface area contributed by atoms with E-state index in [2.05, 4.69) is 0 Å². The van der Waals surface area contributed by atoms with Gasteiger partial charge in [0.1, 0.15) is 11.8 Å².